The Bertz CT molecular complexity index is 542. The summed E-state index contributed by atoms with van der Waals surface area (Å²) in [5.41, 5.74) is -0.313. The Morgan fingerprint density at radius 1 is 1.11 bits per heavy atom. The molecule has 160 valence electrons. The van der Waals surface area contributed by atoms with E-state index in [1.54, 1.807) is 0 Å². The minimum atomic E-state index is -0.844. The lowest BCUT2D eigenvalue weighted by Crippen LogP contribution is -2.43. The average Bonchev–Trinajstić information content (AvgIpc) is 2.62. The number of amides is 3. The van der Waals surface area contributed by atoms with E-state index in [1.165, 1.54) is 28.5 Å². The molecule has 1 fully saturated rings. The number of nitrogens with zero attached hydrogens (tertiary/aromatic N) is 1. The molecular weight excluding hydrogens is 410 g/mol. The van der Waals surface area contributed by atoms with Gasteiger partial charge in [0.05, 0.1) is 0 Å². The van der Waals surface area contributed by atoms with Gasteiger partial charge in [0.15, 0.2) is 0 Å². The fraction of sp³-hybridized carbons (Fsp3) is 0.812. The molecule has 0 aromatic heterocycles. The van der Waals surface area contributed by atoms with Gasteiger partial charge in [-0.25, -0.2) is 4.79 Å². The van der Waals surface area contributed by atoms with Crippen LogP contribution in [-0.4, -0.2) is 54.3 Å². The third-order valence-corrected chi connectivity index (χ3v) is 6.58. The number of hydrogen-bond acceptors (Lipinski definition) is 9. The molecule has 12 heteroatoms. The molecule has 0 heterocycles. The van der Waals surface area contributed by atoms with Crippen molar-refractivity contribution < 1.29 is 29.0 Å². The Morgan fingerprint density at radius 3 is 2.36 bits per heavy atom. The van der Waals surface area contributed by atoms with Gasteiger partial charge >= 0.3 is 6.09 Å². The maximum absolute atomic E-state index is 12.2. The SMILES string of the molecule is CC(=O)NCC1(CC(=O)NC(=O)OCCSSCCO[N+](=O)[O-])CCCCC1. The van der Waals surface area contributed by atoms with Crippen molar-refractivity contribution in [1.82, 2.24) is 10.6 Å². The number of hydrogen-bond donors (Lipinski definition) is 2. The van der Waals surface area contributed by atoms with Crippen LogP contribution in [0.4, 0.5) is 4.79 Å². The van der Waals surface area contributed by atoms with Crippen molar-refractivity contribution in [3.8, 4) is 0 Å². The second-order valence-electron chi connectivity index (χ2n) is 6.53. The third-order valence-electron chi connectivity index (χ3n) is 4.25. The summed E-state index contributed by atoms with van der Waals surface area (Å²) in [6.45, 7) is 1.99. The van der Waals surface area contributed by atoms with E-state index in [0.29, 0.717) is 18.1 Å². The summed E-state index contributed by atoms with van der Waals surface area (Å²) in [5.74, 6) is 0.380. The normalized spacial score (nSPS) is 15.3. The molecule has 1 saturated carbocycles. The summed E-state index contributed by atoms with van der Waals surface area (Å²) in [6.07, 6.45) is 4.16. The van der Waals surface area contributed by atoms with Crippen LogP contribution in [0.5, 0.6) is 0 Å². The van der Waals surface area contributed by atoms with Gasteiger partial charge in [-0.2, -0.15) is 0 Å². The predicted molar refractivity (Wildman–Crippen MR) is 106 cm³/mol. The zero-order valence-electron chi connectivity index (χ0n) is 15.9. The van der Waals surface area contributed by atoms with E-state index < -0.39 is 17.1 Å². The molecule has 0 aromatic rings. The molecule has 1 rings (SSSR count). The van der Waals surface area contributed by atoms with Crippen LogP contribution in [0.2, 0.25) is 0 Å². The summed E-state index contributed by atoms with van der Waals surface area (Å²) in [7, 11) is 2.75. The average molecular weight is 438 g/mol. The van der Waals surface area contributed by atoms with Gasteiger partial charge in [-0.1, -0.05) is 40.9 Å². The second kappa shape index (κ2) is 13.5. The van der Waals surface area contributed by atoms with Gasteiger partial charge in [-0.05, 0) is 18.3 Å². The van der Waals surface area contributed by atoms with E-state index in [9.17, 15) is 24.5 Å². The molecule has 1 aliphatic carbocycles. The van der Waals surface area contributed by atoms with Crippen LogP contribution < -0.4 is 10.6 Å². The monoisotopic (exact) mass is 437 g/mol. The molecule has 10 nitrogen and oxygen atoms in total. The molecule has 0 saturated heterocycles. The van der Waals surface area contributed by atoms with Crippen molar-refractivity contribution in [2.24, 2.45) is 5.41 Å². The van der Waals surface area contributed by atoms with Gasteiger partial charge in [-0.3, -0.25) is 14.9 Å². The molecular formula is C16H27N3O7S2. The Labute approximate surface area is 171 Å². The maximum Gasteiger partial charge on any atom is 0.413 e. The lowest BCUT2D eigenvalue weighted by atomic mass is 9.71. The highest BCUT2D eigenvalue weighted by Crippen LogP contribution is 2.38. The molecule has 28 heavy (non-hydrogen) atoms. The minimum absolute atomic E-state index is 0.000741. The number of imide groups is 1. The Hall–Kier alpha value is -1.69. The summed E-state index contributed by atoms with van der Waals surface area (Å²) in [6, 6.07) is 0. The first kappa shape index (κ1) is 24.3. The Balaban J connectivity index is 2.22. The van der Waals surface area contributed by atoms with Crippen LogP contribution in [0.25, 0.3) is 0 Å². The van der Waals surface area contributed by atoms with E-state index in [1.807, 2.05) is 0 Å². The van der Waals surface area contributed by atoms with Gasteiger partial charge in [0.25, 0.3) is 5.09 Å². The third kappa shape index (κ3) is 11.2. The smallest absolute Gasteiger partial charge is 0.413 e. The number of rotatable bonds is 12. The van der Waals surface area contributed by atoms with Gasteiger partial charge < -0.3 is 14.9 Å². The molecule has 0 atom stereocenters. The molecule has 0 bridgehead atoms. The van der Waals surface area contributed by atoms with Crippen LogP contribution in [-0.2, 0) is 19.2 Å². The summed E-state index contributed by atoms with van der Waals surface area (Å²) >= 11 is 0. The number of ether oxygens (including phenoxy) is 1. The largest absolute Gasteiger partial charge is 0.448 e. The molecule has 3 amide bonds. The topological polar surface area (TPSA) is 137 Å². The zero-order valence-corrected chi connectivity index (χ0v) is 17.5. The number of alkyl carbamates (subject to hydrolysis) is 1. The van der Waals surface area contributed by atoms with Crippen LogP contribution in [0.3, 0.4) is 0 Å². The van der Waals surface area contributed by atoms with Crippen LogP contribution in [0, 0.1) is 15.5 Å². The minimum Gasteiger partial charge on any atom is -0.448 e. The number of nitrogens with one attached hydrogen (secondary N) is 2. The molecule has 0 aliphatic heterocycles. The van der Waals surface area contributed by atoms with Gasteiger partial charge in [0.1, 0.15) is 13.2 Å². The van der Waals surface area contributed by atoms with E-state index >= 15 is 0 Å². The number of carbonyl (C=O) groups is 3. The Kier molecular flexibility index (Phi) is 11.7. The highest BCUT2D eigenvalue weighted by molar-refractivity contribution is 8.76. The lowest BCUT2D eigenvalue weighted by molar-refractivity contribution is -0.756. The summed E-state index contributed by atoms with van der Waals surface area (Å²) < 4.78 is 4.96. The van der Waals surface area contributed by atoms with Crippen LogP contribution in [0.15, 0.2) is 0 Å². The Morgan fingerprint density at radius 2 is 1.75 bits per heavy atom. The molecule has 0 spiro atoms. The van der Waals surface area contributed by atoms with Crippen molar-refractivity contribution in [2.75, 3.05) is 31.3 Å². The summed E-state index contributed by atoms with van der Waals surface area (Å²) in [5, 5.41) is 14.2. The van der Waals surface area contributed by atoms with E-state index in [0.717, 1.165) is 32.1 Å². The molecule has 1 aliphatic rings. The number of carbonyl (C=O) groups excluding carboxylic acids is 3. The van der Waals surface area contributed by atoms with E-state index in [2.05, 4.69) is 15.5 Å². The second-order valence-corrected chi connectivity index (χ2v) is 9.23. The van der Waals surface area contributed by atoms with Gasteiger partial charge in [0, 0.05) is 31.4 Å². The van der Waals surface area contributed by atoms with Crippen molar-refractivity contribution >= 4 is 39.5 Å². The standard InChI is InChI=1S/C16H27N3O7S2/c1-13(20)17-12-16(5-3-2-4-6-16)11-14(21)18-15(22)25-7-9-27-28-10-8-26-19(23)24/h2-12H2,1H3,(H,17,20)(H,18,21,22). The highest BCUT2D eigenvalue weighted by atomic mass is 33.1. The van der Waals surface area contributed by atoms with Gasteiger partial charge in [0.2, 0.25) is 11.8 Å². The highest BCUT2D eigenvalue weighted by Gasteiger charge is 2.35. The molecule has 0 unspecified atom stereocenters. The first-order chi connectivity index (χ1) is 13.3. The van der Waals surface area contributed by atoms with Crippen LogP contribution >= 0.6 is 21.6 Å². The first-order valence-corrected chi connectivity index (χ1v) is 11.5. The summed E-state index contributed by atoms with van der Waals surface area (Å²) in [4.78, 5) is 49.3. The first-order valence-electron chi connectivity index (χ1n) is 9.06. The quantitative estimate of drug-likeness (QED) is 0.204. The van der Waals surface area contributed by atoms with E-state index in [4.69, 9.17) is 4.74 Å². The molecule has 2 N–H and O–H groups in total. The van der Waals surface area contributed by atoms with Crippen molar-refractivity contribution in [3.05, 3.63) is 10.1 Å². The molecule has 0 aromatic carbocycles. The van der Waals surface area contributed by atoms with Crippen molar-refractivity contribution in [3.63, 3.8) is 0 Å². The van der Waals surface area contributed by atoms with Crippen molar-refractivity contribution in [2.45, 2.75) is 45.4 Å². The fourth-order valence-electron chi connectivity index (χ4n) is 3.00. The zero-order chi connectivity index (χ0) is 20.8. The maximum atomic E-state index is 12.2. The lowest BCUT2D eigenvalue weighted by Gasteiger charge is -2.36. The van der Waals surface area contributed by atoms with Crippen LogP contribution in [0.1, 0.15) is 45.4 Å². The predicted octanol–water partition coefficient (Wildman–Crippen LogP) is 2.31. The van der Waals surface area contributed by atoms with Crippen molar-refractivity contribution in [1.29, 1.82) is 0 Å². The molecule has 0 radical (unpaired) electrons. The van der Waals surface area contributed by atoms with E-state index in [-0.39, 0.29) is 31.0 Å². The fourth-order valence-corrected chi connectivity index (χ4v) is 4.64. The van der Waals surface area contributed by atoms with Gasteiger partial charge in [-0.15, -0.1) is 10.1 Å².